The fraction of sp³-hybridized carbons (Fsp3) is 0.364. The topological polar surface area (TPSA) is 26.3 Å². The van der Waals surface area contributed by atoms with E-state index in [1.807, 2.05) is 0 Å². The Bertz CT molecular complexity index is 449. The molecule has 5 heteroatoms. The molecule has 0 saturated heterocycles. The van der Waals surface area contributed by atoms with Gasteiger partial charge < -0.3 is 4.74 Å². The van der Waals surface area contributed by atoms with Crippen LogP contribution in [0.25, 0.3) is 0 Å². The molecule has 0 aromatic heterocycles. The summed E-state index contributed by atoms with van der Waals surface area (Å²) in [6.07, 6.45) is -4.05. The number of benzene rings is 1. The quantitative estimate of drug-likeness (QED) is 0.741. The number of ketones is 1. The number of methoxy groups -OCH3 is 1. The van der Waals surface area contributed by atoms with Crippen molar-refractivity contribution >= 4 is 5.78 Å². The van der Waals surface area contributed by atoms with Crippen molar-refractivity contribution in [2.24, 2.45) is 0 Å². The van der Waals surface area contributed by atoms with E-state index in [1.165, 1.54) is 13.2 Å². The minimum Gasteiger partial charge on any atom is -0.496 e. The number of ether oxygens (including phenoxy) is 1. The predicted octanol–water partition coefficient (Wildman–Crippen LogP) is 2.84. The Kier molecular flexibility index (Phi) is 2.40. The number of halogens is 3. The highest BCUT2D eigenvalue weighted by Gasteiger charge is 2.39. The Labute approximate surface area is 90.0 Å². The maximum atomic E-state index is 12.7. The van der Waals surface area contributed by atoms with Crippen LogP contribution in [-0.4, -0.2) is 12.9 Å². The van der Waals surface area contributed by atoms with Crippen LogP contribution in [0.4, 0.5) is 13.2 Å². The Morgan fingerprint density at radius 3 is 2.50 bits per heavy atom. The van der Waals surface area contributed by atoms with Gasteiger partial charge in [0.05, 0.1) is 12.7 Å². The first-order chi connectivity index (χ1) is 7.45. The Morgan fingerprint density at radius 2 is 1.94 bits per heavy atom. The summed E-state index contributed by atoms with van der Waals surface area (Å²) in [6.45, 7) is 0. The van der Waals surface area contributed by atoms with E-state index in [4.69, 9.17) is 4.74 Å². The van der Waals surface area contributed by atoms with Gasteiger partial charge in [0.25, 0.3) is 0 Å². The first kappa shape index (κ1) is 11.0. The van der Waals surface area contributed by atoms with Crippen LogP contribution in [0.5, 0.6) is 5.75 Å². The molecule has 0 radical (unpaired) electrons. The number of fused-ring (bicyclic) bond motifs is 1. The molecule has 1 aliphatic carbocycles. The molecular weight excluding hydrogens is 221 g/mol. The molecule has 0 fully saturated rings. The molecule has 0 aliphatic heterocycles. The molecule has 0 saturated carbocycles. The number of alkyl halides is 3. The number of carbonyl (C=O) groups is 1. The van der Waals surface area contributed by atoms with Crippen LogP contribution in [0.15, 0.2) is 12.1 Å². The van der Waals surface area contributed by atoms with E-state index in [-0.39, 0.29) is 12.0 Å². The second-order valence-electron chi connectivity index (χ2n) is 3.59. The van der Waals surface area contributed by atoms with E-state index >= 15 is 0 Å². The summed E-state index contributed by atoms with van der Waals surface area (Å²) < 4.78 is 42.9. The van der Waals surface area contributed by atoms with Gasteiger partial charge in [-0.05, 0) is 18.6 Å². The summed E-state index contributed by atoms with van der Waals surface area (Å²) in [7, 11) is 1.38. The van der Waals surface area contributed by atoms with Crippen molar-refractivity contribution in [2.45, 2.75) is 19.0 Å². The van der Waals surface area contributed by atoms with Crippen molar-refractivity contribution in [1.82, 2.24) is 0 Å². The molecule has 0 N–H and O–H groups in total. The van der Waals surface area contributed by atoms with Gasteiger partial charge in [-0.1, -0.05) is 0 Å². The molecular formula is C11H9F3O2. The maximum absolute atomic E-state index is 12.7. The smallest absolute Gasteiger partial charge is 0.417 e. The van der Waals surface area contributed by atoms with Crippen LogP contribution >= 0.6 is 0 Å². The number of rotatable bonds is 1. The van der Waals surface area contributed by atoms with E-state index in [0.717, 1.165) is 6.07 Å². The van der Waals surface area contributed by atoms with Gasteiger partial charge in [-0.2, -0.15) is 13.2 Å². The fourth-order valence-electron chi connectivity index (χ4n) is 1.99. The molecule has 2 rings (SSSR count). The number of carbonyl (C=O) groups excluding carboxylic acids is 1. The highest BCUT2D eigenvalue weighted by Crippen LogP contribution is 2.40. The minimum atomic E-state index is -4.49. The first-order valence-electron chi connectivity index (χ1n) is 4.75. The molecule has 86 valence electrons. The van der Waals surface area contributed by atoms with Gasteiger partial charge in [0.1, 0.15) is 5.75 Å². The summed E-state index contributed by atoms with van der Waals surface area (Å²) in [5.74, 6) is -0.102. The lowest BCUT2D eigenvalue weighted by molar-refractivity contribution is -0.137. The second kappa shape index (κ2) is 3.50. The van der Waals surface area contributed by atoms with Crippen LogP contribution in [-0.2, 0) is 12.6 Å². The van der Waals surface area contributed by atoms with Crippen LogP contribution < -0.4 is 4.74 Å². The molecule has 1 aromatic carbocycles. The Morgan fingerprint density at radius 1 is 1.25 bits per heavy atom. The molecule has 1 aromatic rings. The third-order valence-electron chi connectivity index (χ3n) is 2.68. The molecule has 0 amide bonds. The van der Waals surface area contributed by atoms with Gasteiger partial charge in [-0.15, -0.1) is 0 Å². The van der Waals surface area contributed by atoms with Gasteiger partial charge in [0, 0.05) is 17.5 Å². The zero-order valence-corrected chi connectivity index (χ0v) is 8.52. The van der Waals surface area contributed by atoms with E-state index in [1.54, 1.807) is 0 Å². The van der Waals surface area contributed by atoms with E-state index in [9.17, 15) is 18.0 Å². The van der Waals surface area contributed by atoms with Crippen molar-refractivity contribution in [3.05, 3.63) is 28.8 Å². The van der Waals surface area contributed by atoms with Gasteiger partial charge in [0.2, 0.25) is 0 Å². The minimum absolute atomic E-state index is 0.124. The second-order valence-corrected chi connectivity index (χ2v) is 3.59. The standard InChI is InChI=1S/C11H9F3O2/c1-16-9-5-3-7(11(12,13)14)10-6(9)2-4-8(10)15/h3,5H,2,4H2,1H3. The summed E-state index contributed by atoms with van der Waals surface area (Å²) in [5.41, 5.74) is -0.694. The monoisotopic (exact) mass is 230 g/mol. The lowest BCUT2D eigenvalue weighted by atomic mass is 10.0. The maximum Gasteiger partial charge on any atom is 0.417 e. The fourth-order valence-corrected chi connectivity index (χ4v) is 1.99. The summed E-state index contributed by atoms with van der Waals surface area (Å²) in [4.78, 5) is 11.4. The van der Waals surface area contributed by atoms with Crippen molar-refractivity contribution in [2.75, 3.05) is 7.11 Å². The van der Waals surface area contributed by atoms with E-state index in [2.05, 4.69) is 0 Å². The number of hydrogen-bond acceptors (Lipinski definition) is 2. The lowest BCUT2D eigenvalue weighted by Crippen LogP contribution is -2.11. The van der Waals surface area contributed by atoms with Crippen molar-refractivity contribution in [1.29, 1.82) is 0 Å². The van der Waals surface area contributed by atoms with Crippen molar-refractivity contribution in [3.63, 3.8) is 0 Å². The third kappa shape index (κ3) is 1.56. The Balaban J connectivity index is 2.67. The summed E-state index contributed by atoms with van der Waals surface area (Å²) >= 11 is 0. The van der Waals surface area contributed by atoms with Gasteiger partial charge in [-0.3, -0.25) is 4.79 Å². The number of Topliss-reactive ketones (excluding diaryl/α,β-unsaturated/α-hetero) is 1. The van der Waals surface area contributed by atoms with Crippen LogP contribution in [0, 0.1) is 0 Å². The van der Waals surface area contributed by atoms with Crippen LogP contribution in [0.2, 0.25) is 0 Å². The van der Waals surface area contributed by atoms with Crippen LogP contribution in [0.3, 0.4) is 0 Å². The molecule has 0 bridgehead atoms. The third-order valence-corrected chi connectivity index (χ3v) is 2.68. The highest BCUT2D eigenvalue weighted by molar-refractivity contribution is 6.02. The molecule has 1 aliphatic rings. The average molecular weight is 230 g/mol. The zero-order chi connectivity index (χ0) is 11.9. The SMILES string of the molecule is COc1ccc(C(F)(F)F)c2c1CCC2=O. The van der Waals surface area contributed by atoms with Crippen LogP contribution in [0.1, 0.15) is 27.9 Å². The van der Waals surface area contributed by atoms with Gasteiger partial charge >= 0.3 is 6.18 Å². The van der Waals surface area contributed by atoms with Crippen molar-refractivity contribution in [3.8, 4) is 5.75 Å². The molecule has 0 spiro atoms. The average Bonchev–Trinajstić information content (AvgIpc) is 2.58. The molecule has 0 unspecified atom stereocenters. The summed E-state index contributed by atoms with van der Waals surface area (Å²) in [5, 5.41) is 0. The molecule has 0 heterocycles. The first-order valence-corrected chi connectivity index (χ1v) is 4.75. The van der Waals surface area contributed by atoms with Gasteiger partial charge in [-0.25, -0.2) is 0 Å². The number of hydrogen-bond donors (Lipinski definition) is 0. The predicted molar refractivity (Wildman–Crippen MR) is 50.6 cm³/mol. The van der Waals surface area contributed by atoms with E-state index < -0.39 is 17.5 Å². The molecule has 2 nitrogen and oxygen atoms in total. The highest BCUT2D eigenvalue weighted by atomic mass is 19.4. The van der Waals surface area contributed by atoms with Crippen molar-refractivity contribution < 1.29 is 22.7 Å². The lowest BCUT2D eigenvalue weighted by Gasteiger charge is -2.13. The normalized spacial score (nSPS) is 15.1. The molecule has 0 atom stereocenters. The van der Waals surface area contributed by atoms with Gasteiger partial charge in [0.15, 0.2) is 5.78 Å². The largest absolute Gasteiger partial charge is 0.496 e. The summed E-state index contributed by atoms with van der Waals surface area (Å²) in [6, 6.07) is 2.17. The molecule has 16 heavy (non-hydrogen) atoms. The Hall–Kier alpha value is -1.52. The van der Waals surface area contributed by atoms with E-state index in [0.29, 0.717) is 17.7 Å². The zero-order valence-electron chi connectivity index (χ0n) is 8.52.